The first-order valence-corrected chi connectivity index (χ1v) is 6.83. The molecule has 0 aliphatic carbocycles. The average Bonchev–Trinajstić information content (AvgIpc) is 2.48. The Bertz CT molecular complexity index is 566. The molecule has 3 heteroatoms. The van der Waals surface area contributed by atoms with Crippen LogP contribution in [0.4, 0.5) is 4.39 Å². The van der Waals surface area contributed by atoms with Crippen LogP contribution in [0.3, 0.4) is 0 Å². The van der Waals surface area contributed by atoms with Crippen molar-refractivity contribution in [1.29, 1.82) is 0 Å². The fraction of sp³-hybridized carbons (Fsp3) is 0.294. The molecule has 0 heterocycles. The lowest BCUT2D eigenvalue weighted by Crippen LogP contribution is -2.08. The Kier molecular flexibility index (Phi) is 4.74. The zero-order chi connectivity index (χ0) is 14.5. The van der Waals surface area contributed by atoms with Crippen molar-refractivity contribution in [2.45, 2.75) is 32.9 Å². The first-order chi connectivity index (χ1) is 9.60. The maximum atomic E-state index is 13.2. The normalized spacial score (nSPS) is 12.2. The highest BCUT2D eigenvalue weighted by Crippen LogP contribution is 2.20. The highest BCUT2D eigenvalue weighted by molar-refractivity contribution is 5.30. The summed E-state index contributed by atoms with van der Waals surface area (Å²) >= 11 is 0. The minimum atomic E-state index is -0.238. The molecule has 20 heavy (non-hydrogen) atoms. The molecule has 0 saturated heterocycles. The first kappa shape index (κ1) is 14.5. The van der Waals surface area contributed by atoms with E-state index in [2.05, 4.69) is 6.92 Å². The highest BCUT2D eigenvalue weighted by Gasteiger charge is 2.04. The Hall–Kier alpha value is -1.87. The summed E-state index contributed by atoms with van der Waals surface area (Å²) in [5.41, 5.74) is 8.95. The summed E-state index contributed by atoms with van der Waals surface area (Å²) in [4.78, 5) is 0. The van der Waals surface area contributed by atoms with E-state index in [9.17, 15) is 4.39 Å². The van der Waals surface area contributed by atoms with Crippen molar-refractivity contribution in [2.24, 2.45) is 5.73 Å². The second kappa shape index (κ2) is 6.53. The molecule has 0 aliphatic heterocycles. The van der Waals surface area contributed by atoms with Gasteiger partial charge < -0.3 is 10.5 Å². The molecule has 0 aliphatic rings. The predicted octanol–water partition coefficient (Wildman–Crippen LogP) is 4.12. The zero-order valence-corrected chi connectivity index (χ0v) is 11.9. The molecule has 0 fully saturated rings. The van der Waals surface area contributed by atoms with E-state index >= 15 is 0 Å². The molecule has 0 unspecified atom stereocenters. The van der Waals surface area contributed by atoms with Gasteiger partial charge in [0.25, 0.3) is 0 Å². The Morgan fingerprint density at radius 3 is 2.50 bits per heavy atom. The molecular weight excluding hydrogens is 253 g/mol. The van der Waals surface area contributed by atoms with E-state index < -0.39 is 0 Å². The van der Waals surface area contributed by atoms with E-state index in [1.807, 2.05) is 31.2 Å². The Balaban J connectivity index is 2.02. The molecule has 2 aromatic rings. The number of ether oxygens (including phenoxy) is 1. The minimum absolute atomic E-state index is 0.0644. The largest absolute Gasteiger partial charge is 0.489 e. The third-order valence-electron chi connectivity index (χ3n) is 3.45. The Morgan fingerprint density at radius 2 is 1.85 bits per heavy atom. The zero-order valence-electron chi connectivity index (χ0n) is 11.9. The van der Waals surface area contributed by atoms with Crippen LogP contribution in [0, 0.1) is 12.7 Å². The molecule has 0 amide bonds. The topological polar surface area (TPSA) is 35.2 Å². The van der Waals surface area contributed by atoms with E-state index in [1.165, 1.54) is 12.1 Å². The summed E-state index contributed by atoms with van der Waals surface area (Å²) in [6, 6.07) is 12.5. The van der Waals surface area contributed by atoms with E-state index in [0.717, 1.165) is 28.9 Å². The van der Waals surface area contributed by atoms with E-state index in [-0.39, 0.29) is 11.9 Å². The Labute approximate surface area is 119 Å². The number of halogens is 1. The van der Waals surface area contributed by atoms with Crippen LogP contribution in [0.2, 0.25) is 0 Å². The van der Waals surface area contributed by atoms with Crippen LogP contribution < -0.4 is 10.5 Å². The third kappa shape index (κ3) is 3.58. The highest BCUT2D eigenvalue weighted by atomic mass is 19.1. The summed E-state index contributed by atoms with van der Waals surface area (Å²) in [6.07, 6.45) is 0.905. The molecule has 0 saturated carbocycles. The van der Waals surface area contributed by atoms with Crippen molar-refractivity contribution < 1.29 is 9.13 Å². The van der Waals surface area contributed by atoms with Crippen molar-refractivity contribution in [3.05, 3.63) is 65.0 Å². The average molecular weight is 273 g/mol. The third-order valence-corrected chi connectivity index (χ3v) is 3.45. The molecule has 0 radical (unpaired) electrons. The molecule has 0 aromatic heterocycles. The van der Waals surface area contributed by atoms with Gasteiger partial charge in [-0.2, -0.15) is 0 Å². The number of benzene rings is 2. The van der Waals surface area contributed by atoms with E-state index in [0.29, 0.717) is 6.61 Å². The number of rotatable bonds is 5. The molecular formula is C17H20FNO. The summed E-state index contributed by atoms with van der Waals surface area (Å²) in [5, 5.41) is 0. The van der Waals surface area contributed by atoms with Crippen LogP contribution in [-0.4, -0.2) is 0 Å². The van der Waals surface area contributed by atoms with Gasteiger partial charge in [-0.15, -0.1) is 0 Å². The van der Waals surface area contributed by atoms with E-state index in [4.69, 9.17) is 10.5 Å². The van der Waals surface area contributed by atoms with Gasteiger partial charge in [-0.3, -0.25) is 0 Å². The molecule has 106 valence electrons. The maximum absolute atomic E-state index is 13.2. The van der Waals surface area contributed by atoms with Gasteiger partial charge in [0.2, 0.25) is 0 Å². The van der Waals surface area contributed by atoms with Gasteiger partial charge in [-0.1, -0.05) is 25.1 Å². The second-order valence-corrected chi connectivity index (χ2v) is 4.94. The first-order valence-electron chi connectivity index (χ1n) is 6.83. The quantitative estimate of drug-likeness (QED) is 0.889. The molecule has 2 aromatic carbocycles. The number of hydrogen-bond acceptors (Lipinski definition) is 2. The van der Waals surface area contributed by atoms with Crippen LogP contribution in [0.25, 0.3) is 0 Å². The van der Waals surface area contributed by atoms with Crippen LogP contribution in [0.15, 0.2) is 42.5 Å². The fourth-order valence-electron chi connectivity index (χ4n) is 2.00. The lowest BCUT2D eigenvalue weighted by atomic mass is 10.1. The van der Waals surface area contributed by atoms with Crippen molar-refractivity contribution in [2.75, 3.05) is 0 Å². The van der Waals surface area contributed by atoms with Gasteiger partial charge >= 0.3 is 0 Å². The number of aryl methyl sites for hydroxylation is 1. The predicted molar refractivity (Wildman–Crippen MR) is 79.1 cm³/mol. The number of nitrogens with two attached hydrogens (primary N) is 1. The van der Waals surface area contributed by atoms with Gasteiger partial charge in [0.1, 0.15) is 18.2 Å². The van der Waals surface area contributed by atoms with E-state index in [1.54, 1.807) is 6.07 Å². The van der Waals surface area contributed by atoms with Crippen LogP contribution in [0.5, 0.6) is 5.75 Å². The van der Waals surface area contributed by atoms with Gasteiger partial charge in [0.15, 0.2) is 0 Å². The fourth-order valence-corrected chi connectivity index (χ4v) is 2.00. The summed E-state index contributed by atoms with van der Waals surface area (Å²) in [6.45, 7) is 4.37. The lowest BCUT2D eigenvalue weighted by molar-refractivity contribution is 0.304. The molecule has 0 bridgehead atoms. The minimum Gasteiger partial charge on any atom is -0.489 e. The monoisotopic (exact) mass is 273 g/mol. The van der Waals surface area contributed by atoms with Gasteiger partial charge in [-0.05, 0) is 54.3 Å². The van der Waals surface area contributed by atoms with Crippen molar-refractivity contribution in [3.63, 3.8) is 0 Å². The molecule has 2 nitrogen and oxygen atoms in total. The summed E-state index contributed by atoms with van der Waals surface area (Å²) < 4.78 is 18.9. The van der Waals surface area contributed by atoms with Crippen molar-refractivity contribution in [1.82, 2.24) is 0 Å². The standard InChI is InChI=1S/C17H20FNO/c1-3-17(19)13-5-8-16(9-6-13)20-11-14-10-15(18)7-4-12(14)2/h4-10,17H,3,11,19H2,1-2H3/t17-/m1/s1. The molecule has 1 atom stereocenters. The summed E-state index contributed by atoms with van der Waals surface area (Å²) in [7, 11) is 0. The lowest BCUT2D eigenvalue weighted by Gasteiger charge is -2.12. The smallest absolute Gasteiger partial charge is 0.123 e. The van der Waals surface area contributed by atoms with Crippen LogP contribution in [0.1, 0.15) is 36.1 Å². The second-order valence-electron chi connectivity index (χ2n) is 4.94. The molecule has 2 rings (SSSR count). The maximum Gasteiger partial charge on any atom is 0.123 e. The number of hydrogen-bond donors (Lipinski definition) is 1. The SMILES string of the molecule is CC[C@@H](N)c1ccc(OCc2cc(F)ccc2C)cc1. The van der Waals surface area contributed by atoms with Gasteiger partial charge in [0.05, 0.1) is 0 Å². The van der Waals surface area contributed by atoms with Gasteiger partial charge in [-0.25, -0.2) is 4.39 Å². The molecule has 0 spiro atoms. The summed E-state index contributed by atoms with van der Waals surface area (Å²) in [5.74, 6) is 0.527. The van der Waals surface area contributed by atoms with Crippen molar-refractivity contribution in [3.8, 4) is 5.75 Å². The van der Waals surface area contributed by atoms with Crippen molar-refractivity contribution >= 4 is 0 Å². The van der Waals surface area contributed by atoms with Crippen LogP contribution >= 0.6 is 0 Å². The van der Waals surface area contributed by atoms with Crippen LogP contribution in [-0.2, 0) is 6.61 Å². The van der Waals surface area contributed by atoms with Gasteiger partial charge in [0, 0.05) is 6.04 Å². The Morgan fingerprint density at radius 1 is 1.15 bits per heavy atom. The molecule has 2 N–H and O–H groups in total.